The van der Waals surface area contributed by atoms with E-state index in [0.29, 0.717) is 19.4 Å². The van der Waals surface area contributed by atoms with Gasteiger partial charge >= 0.3 is 5.97 Å². The number of thiol groups is 1. The highest BCUT2D eigenvalue weighted by atomic mass is 32.1. The summed E-state index contributed by atoms with van der Waals surface area (Å²) in [6.45, 7) is 1.59. The molecular formula is C33H45N7O7S. The molecule has 0 aliphatic heterocycles. The van der Waals surface area contributed by atoms with E-state index in [1.54, 1.807) is 6.20 Å². The molecular weight excluding hydrogens is 638 g/mol. The Morgan fingerprint density at radius 1 is 0.812 bits per heavy atom. The van der Waals surface area contributed by atoms with E-state index in [2.05, 4.69) is 38.9 Å². The predicted octanol–water partition coefficient (Wildman–Crippen LogP) is -0.256. The third-order valence-corrected chi connectivity index (χ3v) is 8.17. The topological polar surface area (TPSA) is 242 Å². The minimum Gasteiger partial charge on any atom is -0.480 e. The zero-order valence-electron chi connectivity index (χ0n) is 26.7. The molecule has 0 fully saturated rings. The average molecular weight is 684 g/mol. The largest absolute Gasteiger partial charge is 0.480 e. The number of aromatic amines is 1. The highest BCUT2D eigenvalue weighted by Crippen LogP contribution is 2.19. The Hall–Kier alpha value is -4.44. The first-order chi connectivity index (χ1) is 22.9. The molecule has 15 heteroatoms. The van der Waals surface area contributed by atoms with E-state index in [1.165, 1.54) is 6.92 Å². The molecule has 11 N–H and O–H groups in total. The molecule has 0 saturated carbocycles. The number of aromatic nitrogens is 1. The fourth-order valence-corrected chi connectivity index (χ4v) is 5.36. The third kappa shape index (κ3) is 11.1. The number of benzene rings is 2. The van der Waals surface area contributed by atoms with Crippen LogP contribution in [-0.2, 0) is 36.8 Å². The lowest BCUT2D eigenvalue weighted by molar-refractivity contribution is -0.142. The molecule has 0 aliphatic rings. The molecule has 1 aromatic heterocycles. The van der Waals surface area contributed by atoms with Gasteiger partial charge in [-0.2, -0.15) is 12.6 Å². The van der Waals surface area contributed by atoms with Crippen molar-refractivity contribution in [1.29, 1.82) is 0 Å². The van der Waals surface area contributed by atoms with E-state index < -0.39 is 65.9 Å². The minimum absolute atomic E-state index is 0.0653. The Morgan fingerprint density at radius 3 is 2.08 bits per heavy atom. The van der Waals surface area contributed by atoms with E-state index in [-0.39, 0.29) is 25.0 Å². The Morgan fingerprint density at radius 2 is 1.44 bits per heavy atom. The molecule has 1 heterocycles. The van der Waals surface area contributed by atoms with Gasteiger partial charge in [-0.25, -0.2) is 4.79 Å². The standard InChI is InChI=1S/C33H45N7O7S/c1-19(41)28(32(45)39-27(18-48)33(46)47)40-30(43)25(13-7-8-14-34)37-31(44)26(16-21-17-36-24-12-6-5-11-22(21)24)38-29(42)23(35)15-20-9-3-2-4-10-20/h2-6,9-12,17,19,23,25-28,36,41,48H,7-8,13-16,18,34-35H2,1H3,(H,37,44)(H,38,42)(H,39,45)(H,40,43)(H,46,47)/t19-,23+,25+,26-,27+,28+/m1/s1. The lowest BCUT2D eigenvalue weighted by atomic mass is 10.0. The molecule has 48 heavy (non-hydrogen) atoms. The first-order valence-corrected chi connectivity index (χ1v) is 16.4. The van der Waals surface area contributed by atoms with E-state index in [0.717, 1.165) is 22.0 Å². The molecule has 2 aromatic carbocycles. The molecule has 3 aromatic rings. The maximum Gasteiger partial charge on any atom is 0.327 e. The Labute approximate surface area is 284 Å². The normalized spacial score (nSPS) is 14.9. The van der Waals surface area contributed by atoms with Crippen LogP contribution in [-0.4, -0.2) is 93.4 Å². The maximum absolute atomic E-state index is 13.9. The lowest BCUT2D eigenvalue weighted by Crippen LogP contribution is -2.61. The maximum atomic E-state index is 13.9. The zero-order valence-corrected chi connectivity index (χ0v) is 27.6. The number of carboxylic acids is 1. The predicted molar refractivity (Wildman–Crippen MR) is 184 cm³/mol. The van der Waals surface area contributed by atoms with Crippen LogP contribution in [0.5, 0.6) is 0 Å². The van der Waals surface area contributed by atoms with Crippen molar-refractivity contribution in [1.82, 2.24) is 26.3 Å². The minimum atomic E-state index is -1.54. The van der Waals surface area contributed by atoms with Crippen LogP contribution in [0.2, 0.25) is 0 Å². The van der Waals surface area contributed by atoms with E-state index in [1.807, 2.05) is 54.6 Å². The smallest absolute Gasteiger partial charge is 0.327 e. The van der Waals surface area contributed by atoms with Crippen molar-refractivity contribution in [2.45, 2.75) is 75.3 Å². The lowest BCUT2D eigenvalue weighted by Gasteiger charge is -2.27. The molecule has 0 unspecified atom stereocenters. The van der Waals surface area contributed by atoms with Gasteiger partial charge in [0.1, 0.15) is 24.2 Å². The van der Waals surface area contributed by atoms with Crippen LogP contribution in [0.25, 0.3) is 10.9 Å². The first-order valence-electron chi connectivity index (χ1n) is 15.7. The summed E-state index contributed by atoms with van der Waals surface area (Å²) < 4.78 is 0. The number of H-pyrrole nitrogens is 1. The number of nitrogens with one attached hydrogen (secondary N) is 5. The van der Waals surface area contributed by atoms with Gasteiger partial charge in [-0.3, -0.25) is 19.2 Å². The molecule has 0 radical (unpaired) electrons. The van der Waals surface area contributed by atoms with Crippen LogP contribution in [0.4, 0.5) is 0 Å². The number of nitrogens with two attached hydrogens (primary N) is 2. The number of aliphatic carboxylic acids is 1. The number of hydrogen-bond acceptors (Lipinski definition) is 9. The van der Waals surface area contributed by atoms with Gasteiger partial charge in [0.2, 0.25) is 23.6 Å². The Balaban J connectivity index is 1.84. The molecule has 0 bridgehead atoms. The van der Waals surface area contributed by atoms with Crippen molar-refractivity contribution in [3.8, 4) is 0 Å². The van der Waals surface area contributed by atoms with Crippen LogP contribution in [0, 0.1) is 0 Å². The van der Waals surface area contributed by atoms with Gasteiger partial charge in [0.05, 0.1) is 12.1 Å². The number of amides is 4. The van der Waals surface area contributed by atoms with E-state index in [9.17, 15) is 34.2 Å². The number of rotatable bonds is 19. The number of carbonyl (C=O) groups excluding carboxylic acids is 4. The number of aliphatic hydroxyl groups excluding tert-OH is 1. The summed E-state index contributed by atoms with van der Waals surface area (Å²) in [4.78, 5) is 68.2. The highest BCUT2D eigenvalue weighted by Gasteiger charge is 2.33. The number of carboxylic acid groups (broad SMARTS) is 1. The molecule has 0 saturated heterocycles. The highest BCUT2D eigenvalue weighted by molar-refractivity contribution is 7.80. The number of hydrogen-bond donors (Lipinski definition) is 10. The number of para-hydroxylation sites is 1. The second kappa shape index (κ2) is 18.8. The van der Waals surface area contributed by atoms with E-state index in [4.69, 9.17) is 11.5 Å². The van der Waals surface area contributed by atoms with Crippen LogP contribution >= 0.6 is 12.6 Å². The molecule has 14 nitrogen and oxygen atoms in total. The SMILES string of the molecule is C[C@@H](O)[C@H](NC(=O)[C@H](CCCCN)NC(=O)[C@@H](Cc1c[nH]c2ccccc12)NC(=O)[C@@H](N)Cc1ccccc1)C(=O)N[C@@H](CS)C(=O)O. The molecule has 0 spiro atoms. The summed E-state index contributed by atoms with van der Waals surface area (Å²) in [6, 6.07) is 10.5. The van der Waals surface area contributed by atoms with Gasteiger partial charge in [-0.15, -0.1) is 0 Å². The Kier molecular flexibility index (Phi) is 14.9. The van der Waals surface area contributed by atoms with Crippen LogP contribution in [0.1, 0.15) is 37.3 Å². The molecule has 3 rings (SSSR count). The summed E-state index contributed by atoms with van der Waals surface area (Å²) in [5.74, 6) is -4.54. The van der Waals surface area contributed by atoms with Crippen molar-refractivity contribution < 1.29 is 34.2 Å². The fraction of sp³-hybridized carbons (Fsp3) is 0.424. The van der Waals surface area contributed by atoms with E-state index >= 15 is 0 Å². The van der Waals surface area contributed by atoms with Gasteiger partial charge in [0, 0.05) is 29.3 Å². The summed E-state index contributed by atoms with van der Waals surface area (Å²) in [7, 11) is 0. The first kappa shape index (κ1) is 38.0. The molecule has 260 valence electrons. The van der Waals surface area contributed by atoms with Crippen LogP contribution < -0.4 is 32.7 Å². The van der Waals surface area contributed by atoms with Gasteiger partial charge < -0.3 is 47.9 Å². The van der Waals surface area contributed by atoms with Crippen LogP contribution in [0.3, 0.4) is 0 Å². The summed E-state index contributed by atoms with van der Waals surface area (Å²) in [5.41, 5.74) is 14.3. The van der Waals surface area contributed by atoms with Crippen molar-refractivity contribution in [2.75, 3.05) is 12.3 Å². The summed E-state index contributed by atoms with van der Waals surface area (Å²) >= 11 is 3.93. The summed E-state index contributed by atoms with van der Waals surface area (Å²) in [5, 5.41) is 30.6. The number of carbonyl (C=O) groups is 5. The van der Waals surface area contributed by atoms with Crippen molar-refractivity contribution in [3.63, 3.8) is 0 Å². The monoisotopic (exact) mass is 683 g/mol. The average Bonchev–Trinajstić information content (AvgIpc) is 3.47. The number of aliphatic hydroxyl groups is 1. The van der Waals surface area contributed by atoms with Crippen molar-refractivity contribution >= 4 is 53.1 Å². The third-order valence-electron chi connectivity index (χ3n) is 7.81. The summed E-state index contributed by atoms with van der Waals surface area (Å²) in [6.07, 6.45) is 1.72. The van der Waals surface area contributed by atoms with Crippen LogP contribution in [0.15, 0.2) is 60.8 Å². The van der Waals surface area contributed by atoms with Crippen molar-refractivity contribution in [3.05, 3.63) is 71.9 Å². The van der Waals surface area contributed by atoms with Crippen molar-refractivity contribution in [2.24, 2.45) is 11.5 Å². The Bertz CT molecular complexity index is 1530. The quantitative estimate of drug-likeness (QED) is 0.0591. The number of fused-ring (bicyclic) bond motifs is 1. The van der Waals surface area contributed by atoms with Gasteiger partial charge in [-0.05, 0) is 56.3 Å². The molecule has 6 atom stereocenters. The van der Waals surface area contributed by atoms with Gasteiger partial charge in [-0.1, -0.05) is 48.5 Å². The fourth-order valence-electron chi connectivity index (χ4n) is 5.11. The van der Waals surface area contributed by atoms with Gasteiger partial charge in [0.15, 0.2) is 0 Å². The molecule has 0 aliphatic carbocycles. The zero-order chi connectivity index (χ0) is 35.2. The second-order valence-corrected chi connectivity index (χ2v) is 11.9. The van der Waals surface area contributed by atoms with Gasteiger partial charge in [0.25, 0.3) is 0 Å². The second-order valence-electron chi connectivity index (χ2n) is 11.6. The number of unbranched alkanes of at least 4 members (excludes halogenated alkanes) is 1. The molecule has 4 amide bonds.